The normalized spacial score (nSPS) is 23.6. The van der Waals surface area contributed by atoms with E-state index in [1.165, 1.54) is 7.11 Å². The molecule has 1 aromatic rings. The van der Waals surface area contributed by atoms with Crippen molar-refractivity contribution in [2.45, 2.75) is 37.3 Å². The van der Waals surface area contributed by atoms with Crippen molar-refractivity contribution in [3.8, 4) is 0 Å². The molecule has 31 heavy (non-hydrogen) atoms. The van der Waals surface area contributed by atoms with Gasteiger partial charge in [0.1, 0.15) is 0 Å². The molecule has 0 spiro atoms. The highest BCUT2D eigenvalue weighted by Gasteiger charge is 2.37. The van der Waals surface area contributed by atoms with Gasteiger partial charge in [-0.15, -0.1) is 0 Å². The van der Waals surface area contributed by atoms with Gasteiger partial charge in [-0.25, -0.2) is 0 Å². The van der Waals surface area contributed by atoms with Crippen LogP contribution in [0.3, 0.4) is 0 Å². The van der Waals surface area contributed by atoms with E-state index in [9.17, 15) is 9.59 Å². The second kappa shape index (κ2) is 9.07. The van der Waals surface area contributed by atoms with Crippen molar-refractivity contribution in [2.75, 3.05) is 20.2 Å². The molecule has 1 fully saturated rings. The number of nitrogens with two attached hydrogens (primary N) is 1. The minimum absolute atomic E-state index is 0.00995. The number of hydrogen-bond donors (Lipinski definition) is 2. The summed E-state index contributed by atoms with van der Waals surface area (Å²) < 4.78 is 4.95. The topological polar surface area (TPSA) is 84.7 Å². The van der Waals surface area contributed by atoms with Crippen LogP contribution >= 0.6 is 23.2 Å². The van der Waals surface area contributed by atoms with Gasteiger partial charge in [-0.1, -0.05) is 47.5 Å². The number of rotatable bonds is 4. The Morgan fingerprint density at radius 1 is 1.29 bits per heavy atom. The fourth-order valence-electron chi connectivity index (χ4n) is 4.53. The number of methoxy groups -OCH3 is 1. The largest absolute Gasteiger partial charge is 0.469 e. The summed E-state index contributed by atoms with van der Waals surface area (Å²) >= 11 is 12.1. The number of fused-ring (bicyclic) bond motifs is 2. The Morgan fingerprint density at radius 2 is 2.10 bits per heavy atom. The van der Waals surface area contributed by atoms with E-state index >= 15 is 0 Å². The summed E-state index contributed by atoms with van der Waals surface area (Å²) in [6.45, 7) is 1.05. The molecule has 0 bridgehead atoms. The fourth-order valence-corrected chi connectivity index (χ4v) is 4.84. The number of ether oxygens (including phenoxy) is 1. The minimum Gasteiger partial charge on any atom is -0.469 e. The third-order valence-electron chi connectivity index (χ3n) is 6.25. The number of piperidine rings is 1. The number of nitrogens with zero attached hydrogens (tertiary/aromatic N) is 1. The van der Waals surface area contributed by atoms with Gasteiger partial charge in [-0.3, -0.25) is 9.59 Å². The first-order chi connectivity index (χ1) is 14.9. The van der Waals surface area contributed by atoms with Crippen LogP contribution in [0, 0.1) is 0 Å². The van der Waals surface area contributed by atoms with Gasteiger partial charge in [0.25, 0.3) is 0 Å². The molecule has 6 nitrogen and oxygen atoms in total. The molecule has 0 saturated carbocycles. The number of benzene rings is 1. The van der Waals surface area contributed by atoms with Crippen molar-refractivity contribution in [3.05, 3.63) is 68.9 Å². The van der Waals surface area contributed by atoms with Crippen LogP contribution in [-0.2, 0) is 14.3 Å². The molecule has 2 aliphatic heterocycles. The van der Waals surface area contributed by atoms with Crippen LogP contribution in [0.25, 0.3) is 0 Å². The first-order valence-electron chi connectivity index (χ1n) is 10.3. The lowest BCUT2D eigenvalue weighted by Crippen LogP contribution is -2.54. The molecule has 8 heteroatoms. The van der Waals surface area contributed by atoms with Gasteiger partial charge in [-0.2, -0.15) is 0 Å². The molecular formula is C23H25Cl2N3O3. The van der Waals surface area contributed by atoms with Crippen molar-refractivity contribution in [3.63, 3.8) is 0 Å². The van der Waals surface area contributed by atoms with E-state index in [2.05, 4.69) is 11.4 Å². The average molecular weight is 462 g/mol. The van der Waals surface area contributed by atoms with Crippen molar-refractivity contribution in [2.24, 2.45) is 5.73 Å². The van der Waals surface area contributed by atoms with Crippen molar-refractivity contribution in [1.82, 2.24) is 10.2 Å². The smallest absolute Gasteiger partial charge is 0.313 e. The summed E-state index contributed by atoms with van der Waals surface area (Å²) in [5, 5.41) is 4.38. The summed E-state index contributed by atoms with van der Waals surface area (Å²) in [7, 11) is 1.31. The summed E-state index contributed by atoms with van der Waals surface area (Å²) in [6.07, 6.45) is 7.88. The molecule has 0 aromatic heterocycles. The number of esters is 1. The van der Waals surface area contributed by atoms with Gasteiger partial charge < -0.3 is 20.7 Å². The van der Waals surface area contributed by atoms with E-state index in [1.807, 2.05) is 12.2 Å². The third-order valence-corrected chi connectivity index (χ3v) is 6.99. The maximum Gasteiger partial charge on any atom is 0.313 e. The van der Waals surface area contributed by atoms with Crippen LogP contribution in [0.5, 0.6) is 0 Å². The summed E-state index contributed by atoms with van der Waals surface area (Å²) in [5.74, 6) is -1.36. The van der Waals surface area contributed by atoms with Gasteiger partial charge in [0, 0.05) is 37.3 Å². The predicted molar refractivity (Wildman–Crippen MR) is 121 cm³/mol. The summed E-state index contributed by atoms with van der Waals surface area (Å²) in [4.78, 5) is 27.4. The first-order valence-corrected chi connectivity index (χ1v) is 11.1. The first kappa shape index (κ1) is 21.9. The molecule has 4 rings (SSSR count). The zero-order chi connectivity index (χ0) is 22.1. The zero-order valence-corrected chi connectivity index (χ0v) is 18.7. The highest BCUT2D eigenvalue weighted by Crippen LogP contribution is 2.33. The molecule has 1 amide bonds. The van der Waals surface area contributed by atoms with Gasteiger partial charge in [0.2, 0.25) is 5.91 Å². The maximum absolute atomic E-state index is 13.2. The Balaban J connectivity index is 1.53. The van der Waals surface area contributed by atoms with Crippen LogP contribution in [0.4, 0.5) is 0 Å². The average Bonchev–Trinajstić information content (AvgIpc) is 2.78. The monoisotopic (exact) mass is 461 g/mol. The Morgan fingerprint density at radius 3 is 2.84 bits per heavy atom. The SMILES string of the molecule is COC(=O)C(CC(=O)N1CCC2NC3CC=CC=C3C(N)=C2C1)c1ccc(Cl)c(Cl)c1. The number of nitrogens with one attached hydrogen (secondary N) is 1. The lowest BCUT2D eigenvalue weighted by atomic mass is 9.83. The van der Waals surface area contributed by atoms with Crippen molar-refractivity contribution >= 4 is 35.1 Å². The highest BCUT2D eigenvalue weighted by atomic mass is 35.5. The number of allylic oxidation sites excluding steroid dienone is 2. The van der Waals surface area contributed by atoms with E-state index in [1.54, 1.807) is 23.1 Å². The lowest BCUT2D eigenvalue weighted by Gasteiger charge is -2.42. The Kier molecular flexibility index (Phi) is 6.42. The van der Waals surface area contributed by atoms with Crippen LogP contribution in [0.2, 0.25) is 10.0 Å². The second-order valence-corrected chi connectivity index (χ2v) is 8.87. The fraction of sp³-hybridized carbons (Fsp3) is 0.391. The molecule has 164 valence electrons. The molecule has 3 N–H and O–H groups in total. The van der Waals surface area contributed by atoms with Gasteiger partial charge in [0.05, 0.1) is 23.1 Å². The van der Waals surface area contributed by atoms with E-state index in [-0.39, 0.29) is 24.4 Å². The quantitative estimate of drug-likeness (QED) is 0.671. The lowest BCUT2D eigenvalue weighted by molar-refractivity contribution is -0.145. The van der Waals surface area contributed by atoms with Crippen molar-refractivity contribution < 1.29 is 14.3 Å². The highest BCUT2D eigenvalue weighted by molar-refractivity contribution is 6.42. The van der Waals surface area contributed by atoms with E-state index in [4.69, 9.17) is 33.7 Å². The molecule has 0 radical (unpaired) electrons. The van der Waals surface area contributed by atoms with Crippen molar-refractivity contribution in [1.29, 1.82) is 0 Å². The third kappa shape index (κ3) is 4.38. The molecular weight excluding hydrogens is 437 g/mol. The number of carbonyl (C=O) groups excluding carboxylic acids is 2. The molecule has 3 unspecified atom stereocenters. The number of amides is 1. The number of carbonyl (C=O) groups is 2. The van der Waals surface area contributed by atoms with Gasteiger partial charge in [0.15, 0.2) is 0 Å². The van der Waals surface area contributed by atoms with Gasteiger partial charge >= 0.3 is 5.97 Å². The predicted octanol–water partition coefficient (Wildman–Crippen LogP) is 3.31. The molecule has 1 aliphatic carbocycles. The van der Waals surface area contributed by atoms with E-state index in [0.717, 1.165) is 29.7 Å². The van der Waals surface area contributed by atoms with E-state index in [0.29, 0.717) is 28.7 Å². The summed E-state index contributed by atoms with van der Waals surface area (Å²) in [6, 6.07) is 5.33. The number of likely N-dealkylation sites (tertiary alicyclic amines) is 1. The number of hydrogen-bond acceptors (Lipinski definition) is 5. The molecule has 1 saturated heterocycles. The minimum atomic E-state index is -0.753. The van der Waals surface area contributed by atoms with Crippen LogP contribution in [-0.4, -0.2) is 49.1 Å². The van der Waals surface area contributed by atoms with Gasteiger partial charge in [-0.05, 0) is 41.7 Å². The number of halogens is 2. The standard InChI is InChI=1S/C23H25Cl2N3O3/c1-31-23(30)15(13-6-7-17(24)18(25)10-13)11-21(29)28-9-8-20-16(12-28)22(26)14-4-2-3-5-19(14)27-20/h2-4,6-7,10,15,19-20,27H,5,8-9,11-12,26H2,1H3. The Labute approximate surface area is 191 Å². The van der Waals surface area contributed by atoms with Crippen LogP contribution < -0.4 is 11.1 Å². The molecule has 3 atom stereocenters. The molecule has 1 aromatic carbocycles. The van der Waals surface area contributed by atoms with Crippen LogP contribution in [0.1, 0.15) is 30.7 Å². The molecule has 2 heterocycles. The molecule has 3 aliphatic rings. The Bertz CT molecular complexity index is 1000. The maximum atomic E-state index is 13.2. The second-order valence-electron chi connectivity index (χ2n) is 8.05. The van der Waals surface area contributed by atoms with E-state index < -0.39 is 11.9 Å². The zero-order valence-electron chi connectivity index (χ0n) is 17.2. The van der Waals surface area contributed by atoms with Crippen LogP contribution in [0.15, 0.2) is 53.3 Å². The summed E-state index contributed by atoms with van der Waals surface area (Å²) in [5.41, 5.74) is 10.0. The Hall–Kier alpha value is -2.28.